The van der Waals surface area contributed by atoms with Gasteiger partial charge in [0, 0.05) is 16.8 Å². The van der Waals surface area contributed by atoms with Gasteiger partial charge >= 0.3 is 5.97 Å². The summed E-state index contributed by atoms with van der Waals surface area (Å²) in [5.41, 5.74) is 1.61. The molecule has 0 amide bonds. The number of nitrogens with zero attached hydrogens (tertiary/aromatic N) is 1. The van der Waals surface area contributed by atoms with E-state index >= 15 is 0 Å². The molecule has 3 nitrogen and oxygen atoms in total. The number of ether oxygens (including phenoxy) is 1. The van der Waals surface area contributed by atoms with Crippen LogP contribution >= 0.6 is 0 Å². The van der Waals surface area contributed by atoms with Gasteiger partial charge in [0.2, 0.25) is 0 Å². The zero-order chi connectivity index (χ0) is 13.5. The molecule has 0 aliphatic carbocycles. The highest BCUT2D eigenvalue weighted by Gasteiger charge is 2.26. The van der Waals surface area contributed by atoms with E-state index in [0.29, 0.717) is 6.42 Å². The fraction of sp³-hybridized carbons (Fsp3) is 0.571. The topological polar surface area (TPSA) is 39.2 Å². The number of aromatic nitrogens is 1. The van der Waals surface area contributed by atoms with Crippen LogP contribution in [-0.2, 0) is 14.9 Å². The Kier molecular flexibility index (Phi) is 6.47. The zero-order valence-corrected chi connectivity index (χ0v) is 11.7. The Morgan fingerprint density at radius 1 is 1.35 bits per heavy atom. The van der Waals surface area contributed by atoms with Gasteiger partial charge in [-0.15, -0.1) is 0 Å². The number of rotatable bonds is 3. The van der Waals surface area contributed by atoms with E-state index in [2.05, 4.69) is 9.72 Å². The number of hydrogen-bond acceptors (Lipinski definition) is 3. The maximum absolute atomic E-state index is 11.2. The normalized spacial score (nSPS) is 10.2. The summed E-state index contributed by atoms with van der Waals surface area (Å²) in [6, 6.07) is 5.84. The standard InChI is InChI=1S/C12H17NO2.C2H6/c1-9-6-5-7-10(13-9)12(2,3)8-11(14)15-4;1-2/h5-7H,8H2,1-4H3;1-2H3. The lowest BCUT2D eigenvalue weighted by Gasteiger charge is -2.22. The van der Waals surface area contributed by atoms with Gasteiger partial charge in [-0.2, -0.15) is 0 Å². The molecule has 0 saturated heterocycles. The van der Waals surface area contributed by atoms with E-state index in [0.717, 1.165) is 11.4 Å². The van der Waals surface area contributed by atoms with Crippen LogP contribution in [0.15, 0.2) is 18.2 Å². The van der Waals surface area contributed by atoms with E-state index in [-0.39, 0.29) is 11.4 Å². The molecule has 1 heterocycles. The molecule has 1 aromatic heterocycles. The Morgan fingerprint density at radius 2 is 1.94 bits per heavy atom. The summed E-state index contributed by atoms with van der Waals surface area (Å²) in [4.78, 5) is 15.7. The molecule has 0 unspecified atom stereocenters. The van der Waals surface area contributed by atoms with E-state index in [1.165, 1.54) is 7.11 Å². The number of aryl methyl sites for hydroxylation is 1. The molecule has 0 spiro atoms. The first-order chi connectivity index (χ1) is 7.95. The molecule has 1 rings (SSSR count). The minimum Gasteiger partial charge on any atom is -0.469 e. The number of carbonyl (C=O) groups is 1. The number of methoxy groups -OCH3 is 1. The third kappa shape index (κ3) is 4.98. The molecule has 96 valence electrons. The van der Waals surface area contributed by atoms with Gasteiger partial charge < -0.3 is 4.74 Å². The molecule has 0 fully saturated rings. The van der Waals surface area contributed by atoms with Crippen molar-refractivity contribution in [1.29, 1.82) is 0 Å². The molecule has 0 aromatic carbocycles. The molecular weight excluding hydrogens is 214 g/mol. The van der Waals surface area contributed by atoms with Crippen molar-refractivity contribution in [3.8, 4) is 0 Å². The number of pyridine rings is 1. The summed E-state index contributed by atoms with van der Waals surface area (Å²) >= 11 is 0. The minimum absolute atomic E-state index is 0.205. The lowest BCUT2D eigenvalue weighted by Crippen LogP contribution is -2.24. The second kappa shape index (κ2) is 7.05. The first-order valence-corrected chi connectivity index (χ1v) is 5.96. The highest BCUT2D eigenvalue weighted by Crippen LogP contribution is 2.25. The molecule has 0 bridgehead atoms. The fourth-order valence-electron chi connectivity index (χ4n) is 1.44. The molecule has 17 heavy (non-hydrogen) atoms. The van der Waals surface area contributed by atoms with E-state index in [1.54, 1.807) is 0 Å². The molecule has 0 radical (unpaired) electrons. The highest BCUT2D eigenvalue weighted by atomic mass is 16.5. The lowest BCUT2D eigenvalue weighted by atomic mass is 9.85. The van der Waals surface area contributed by atoms with Crippen molar-refractivity contribution in [1.82, 2.24) is 4.98 Å². The molecule has 0 N–H and O–H groups in total. The van der Waals surface area contributed by atoms with Crippen molar-refractivity contribution in [3.63, 3.8) is 0 Å². The van der Waals surface area contributed by atoms with Gasteiger partial charge in [-0.1, -0.05) is 33.8 Å². The van der Waals surface area contributed by atoms with Crippen molar-refractivity contribution in [3.05, 3.63) is 29.6 Å². The smallest absolute Gasteiger partial charge is 0.306 e. The van der Waals surface area contributed by atoms with Crippen molar-refractivity contribution in [2.75, 3.05) is 7.11 Å². The number of hydrogen-bond donors (Lipinski definition) is 0. The maximum Gasteiger partial charge on any atom is 0.306 e. The Morgan fingerprint density at radius 3 is 2.41 bits per heavy atom. The van der Waals surface area contributed by atoms with Gasteiger partial charge in [-0.05, 0) is 19.1 Å². The number of carbonyl (C=O) groups excluding carboxylic acids is 1. The molecule has 0 aliphatic heterocycles. The van der Waals surface area contributed by atoms with Crippen molar-refractivity contribution >= 4 is 5.97 Å². The summed E-state index contributed by atoms with van der Waals surface area (Å²) in [5, 5.41) is 0. The molecular formula is C14H23NO2. The van der Waals surface area contributed by atoms with Gasteiger partial charge in [0.15, 0.2) is 0 Å². The van der Waals surface area contributed by atoms with Gasteiger partial charge in [-0.25, -0.2) is 0 Å². The van der Waals surface area contributed by atoms with Crippen molar-refractivity contribution in [2.45, 2.75) is 46.5 Å². The van der Waals surface area contributed by atoms with E-state index < -0.39 is 0 Å². The molecule has 1 aromatic rings. The zero-order valence-electron chi connectivity index (χ0n) is 11.7. The summed E-state index contributed by atoms with van der Waals surface area (Å²) in [6.45, 7) is 9.93. The quantitative estimate of drug-likeness (QED) is 0.757. The highest BCUT2D eigenvalue weighted by molar-refractivity contribution is 5.70. The predicted octanol–water partition coefficient (Wildman–Crippen LogP) is 3.26. The van der Waals surface area contributed by atoms with E-state index in [1.807, 2.05) is 52.8 Å². The van der Waals surface area contributed by atoms with Crippen molar-refractivity contribution in [2.24, 2.45) is 0 Å². The average molecular weight is 237 g/mol. The molecule has 3 heteroatoms. The van der Waals surface area contributed by atoms with Crippen LogP contribution in [0, 0.1) is 6.92 Å². The van der Waals surface area contributed by atoms with Crippen LogP contribution in [0.25, 0.3) is 0 Å². The van der Waals surface area contributed by atoms with Gasteiger partial charge in [0.25, 0.3) is 0 Å². The predicted molar refractivity (Wildman–Crippen MR) is 70.0 cm³/mol. The summed E-state index contributed by atoms with van der Waals surface area (Å²) in [7, 11) is 1.40. The second-order valence-electron chi connectivity index (χ2n) is 4.30. The third-order valence-electron chi connectivity index (χ3n) is 2.40. The largest absolute Gasteiger partial charge is 0.469 e. The fourth-order valence-corrected chi connectivity index (χ4v) is 1.44. The summed E-state index contributed by atoms with van der Waals surface area (Å²) < 4.78 is 4.67. The molecule has 0 saturated carbocycles. The lowest BCUT2D eigenvalue weighted by molar-refractivity contribution is -0.141. The van der Waals surface area contributed by atoms with Crippen LogP contribution in [-0.4, -0.2) is 18.1 Å². The van der Waals surface area contributed by atoms with Crippen LogP contribution in [0.5, 0.6) is 0 Å². The van der Waals surface area contributed by atoms with Crippen LogP contribution in [0.4, 0.5) is 0 Å². The third-order valence-corrected chi connectivity index (χ3v) is 2.40. The number of esters is 1. The van der Waals surface area contributed by atoms with Gasteiger partial charge in [0.05, 0.1) is 13.5 Å². The Balaban J connectivity index is 0.00000121. The molecule has 0 aliphatic rings. The molecule has 0 atom stereocenters. The van der Waals surface area contributed by atoms with E-state index in [9.17, 15) is 4.79 Å². The van der Waals surface area contributed by atoms with E-state index in [4.69, 9.17) is 0 Å². The minimum atomic E-state index is -0.279. The Bertz CT molecular complexity index is 359. The van der Waals surface area contributed by atoms with Crippen LogP contribution < -0.4 is 0 Å². The summed E-state index contributed by atoms with van der Waals surface area (Å²) in [6.07, 6.45) is 0.347. The first-order valence-electron chi connectivity index (χ1n) is 5.96. The van der Waals surface area contributed by atoms with Crippen molar-refractivity contribution < 1.29 is 9.53 Å². The van der Waals surface area contributed by atoms with Crippen LogP contribution in [0.1, 0.15) is 45.5 Å². The Labute approximate surface area is 104 Å². The first kappa shape index (κ1) is 15.6. The Hall–Kier alpha value is -1.38. The average Bonchev–Trinajstić information content (AvgIpc) is 2.31. The van der Waals surface area contributed by atoms with Crippen LogP contribution in [0.3, 0.4) is 0 Å². The maximum atomic E-state index is 11.2. The monoisotopic (exact) mass is 237 g/mol. The van der Waals surface area contributed by atoms with Gasteiger partial charge in [-0.3, -0.25) is 9.78 Å². The SMILES string of the molecule is CC.COC(=O)CC(C)(C)c1cccc(C)n1. The second-order valence-corrected chi connectivity index (χ2v) is 4.30. The summed E-state index contributed by atoms with van der Waals surface area (Å²) in [5.74, 6) is -0.205. The van der Waals surface area contributed by atoms with Gasteiger partial charge in [0.1, 0.15) is 0 Å². The van der Waals surface area contributed by atoms with Crippen LogP contribution in [0.2, 0.25) is 0 Å².